The fraction of sp³-hybridized carbons (Fsp3) is 0.643. The Balaban J connectivity index is 2.60. The van der Waals surface area contributed by atoms with Gasteiger partial charge in [0.15, 0.2) is 0 Å². The zero-order valence-electron chi connectivity index (χ0n) is 11.6. The lowest BCUT2D eigenvalue weighted by Crippen LogP contribution is -2.35. The Labute approximate surface area is 105 Å². The third-order valence-electron chi connectivity index (χ3n) is 2.48. The second-order valence-corrected chi connectivity index (χ2v) is 5.41. The number of ether oxygens (including phenoxy) is 1. The number of hydrogen-bond acceptors (Lipinski definition) is 3. The minimum atomic E-state index is 0.106. The van der Waals surface area contributed by atoms with Crippen molar-refractivity contribution >= 4 is 0 Å². The first kappa shape index (κ1) is 14.0. The van der Waals surface area contributed by atoms with Crippen LogP contribution in [-0.2, 0) is 6.54 Å². The Morgan fingerprint density at radius 2 is 2.06 bits per heavy atom. The number of rotatable bonds is 5. The summed E-state index contributed by atoms with van der Waals surface area (Å²) in [6, 6.07) is 5.92. The summed E-state index contributed by atoms with van der Waals surface area (Å²) >= 11 is 0. The molecule has 0 saturated heterocycles. The average molecular weight is 236 g/mol. The molecule has 0 bridgehead atoms. The van der Waals surface area contributed by atoms with Gasteiger partial charge in [-0.1, -0.05) is 13.0 Å². The average Bonchev–Trinajstić information content (AvgIpc) is 2.26. The van der Waals surface area contributed by atoms with Crippen LogP contribution in [0.5, 0.6) is 5.88 Å². The Morgan fingerprint density at radius 3 is 2.65 bits per heavy atom. The highest BCUT2D eigenvalue weighted by Gasteiger charge is 2.09. The molecule has 96 valence electrons. The minimum absolute atomic E-state index is 0.106. The van der Waals surface area contributed by atoms with E-state index in [9.17, 15) is 0 Å². The van der Waals surface area contributed by atoms with Gasteiger partial charge < -0.3 is 10.1 Å². The van der Waals surface area contributed by atoms with Gasteiger partial charge in [0.1, 0.15) is 0 Å². The molecule has 3 heteroatoms. The summed E-state index contributed by atoms with van der Waals surface area (Å²) in [5.41, 5.74) is 1.12. The monoisotopic (exact) mass is 236 g/mol. The Morgan fingerprint density at radius 1 is 1.35 bits per heavy atom. The lowest BCUT2D eigenvalue weighted by molar-refractivity contribution is 0.208. The molecule has 1 rings (SSSR count). The van der Waals surface area contributed by atoms with Crippen LogP contribution in [0.4, 0.5) is 0 Å². The van der Waals surface area contributed by atoms with E-state index in [0.717, 1.165) is 18.7 Å². The van der Waals surface area contributed by atoms with Gasteiger partial charge in [-0.25, -0.2) is 4.98 Å². The van der Waals surface area contributed by atoms with Crippen molar-refractivity contribution in [1.82, 2.24) is 10.3 Å². The van der Waals surface area contributed by atoms with Crippen molar-refractivity contribution in [2.24, 2.45) is 0 Å². The first-order valence-corrected chi connectivity index (χ1v) is 6.28. The van der Waals surface area contributed by atoms with Gasteiger partial charge in [-0.05, 0) is 40.2 Å². The van der Waals surface area contributed by atoms with Gasteiger partial charge in [0.05, 0.1) is 11.8 Å². The van der Waals surface area contributed by atoms with Crippen molar-refractivity contribution in [3.63, 3.8) is 0 Å². The van der Waals surface area contributed by atoms with E-state index in [4.69, 9.17) is 4.74 Å². The number of hydrogen-bond donors (Lipinski definition) is 1. The predicted octanol–water partition coefficient (Wildman–Crippen LogP) is 3.15. The largest absolute Gasteiger partial charge is 0.475 e. The highest BCUT2D eigenvalue weighted by Crippen LogP contribution is 2.11. The molecule has 3 nitrogen and oxygen atoms in total. The normalized spacial score (nSPS) is 13.5. The summed E-state index contributed by atoms with van der Waals surface area (Å²) in [7, 11) is 0. The lowest BCUT2D eigenvalue weighted by Gasteiger charge is -2.20. The van der Waals surface area contributed by atoms with E-state index < -0.39 is 0 Å². The molecule has 0 aliphatic heterocycles. The highest BCUT2D eigenvalue weighted by molar-refractivity contribution is 5.16. The molecule has 0 aliphatic rings. The van der Waals surface area contributed by atoms with E-state index in [2.05, 4.69) is 44.9 Å². The first-order valence-electron chi connectivity index (χ1n) is 6.28. The third kappa shape index (κ3) is 5.68. The molecule has 0 spiro atoms. The molecular formula is C14H24N2O. The number of pyridine rings is 1. The van der Waals surface area contributed by atoms with Crippen LogP contribution in [-0.4, -0.2) is 16.6 Å². The van der Waals surface area contributed by atoms with Crippen LogP contribution in [0.25, 0.3) is 0 Å². The van der Waals surface area contributed by atoms with Crippen molar-refractivity contribution in [3.05, 3.63) is 23.9 Å². The van der Waals surface area contributed by atoms with Crippen LogP contribution in [0.1, 0.15) is 46.7 Å². The maximum absolute atomic E-state index is 5.70. The van der Waals surface area contributed by atoms with E-state index in [1.165, 1.54) is 0 Å². The summed E-state index contributed by atoms with van der Waals surface area (Å²) in [6.45, 7) is 11.4. The van der Waals surface area contributed by atoms with Crippen LogP contribution in [0.15, 0.2) is 18.2 Å². The predicted molar refractivity (Wildman–Crippen MR) is 71.2 cm³/mol. The Hall–Kier alpha value is -1.09. The second kappa shape index (κ2) is 6.01. The van der Waals surface area contributed by atoms with Crippen LogP contribution < -0.4 is 10.1 Å². The van der Waals surface area contributed by atoms with Crippen LogP contribution >= 0.6 is 0 Å². The fourth-order valence-corrected chi connectivity index (χ4v) is 1.27. The fourth-order valence-electron chi connectivity index (χ4n) is 1.27. The standard InChI is InChI=1S/C14H24N2O/c1-6-11(2)17-13-9-7-8-12(16-13)10-15-14(3,4)5/h7-9,11,15H,6,10H2,1-5H3. The molecule has 0 fully saturated rings. The summed E-state index contributed by atoms with van der Waals surface area (Å²) in [5.74, 6) is 0.715. The van der Waals surface area contributed by atoms with Crippen LogP contribution in [0.2, 0.25) is 0 Å². The summed E-state index contributed by atoms with van der Waals surface area (Å²) in [6.07, 6.45) is 1.21. The quantitative estimate of drug-likeness (QED) is 0.852. The molecule has 1 aromatic heterocycles. The summed E-state index contributed by atoms with van der Waals surface area (Å²) < 4.78 is 5.70. The molecule has 17 heavy (non-hydrogen) atoms. The topological polar surface area (TPSA) is 34.1 Å². The van der Waals surface area contributed by atoms with Gasteiger partial charge in [0.2, 0.25) is 5.88 Å². The molecule has 1 unspecified atom stereocenters. The molecule has 0 aliphatic carbocycles. The van der Waals surface area contributed by atoms with E-state index >= 15 is 0 Å². The molecule has 1 N–H and O–H groups in total. The van der Waals surface area contributed by atoms with E-state index in [0.29, 0.717) is 5.88 Å². The van der Waals surface area contributed by atoms with Crippen LogP contribution in [0, 0.1) is 0 Å². The van der Waals surface area contributed by atoms with Gasteiger partial charge in [-0.2, -0.15) is 0 Å². The molecule has 0 amide bonds. The van der Waals surface area contributed by atoms with Gasteiger partial charge in [0, 0.05) is 18.2 Å². The molecule has 0 radical (unpaired) electrons. The Kier molecular flexibility index (Phi) is 4.94. The maximum atomic E-state index is 5.70. The number of nitrogens with one attached hydrogen (secondary N) is 1. The molecule has 1 atom stereocenters. The molecular weight excluding hydrogens is 212 g/mol. The third-order valence-corrected chi connectivity index (χ3v) is 2.48. The smallest absolute Gasteiger partial charge is 0.213 e. The van der Waals surface area contributed by atoms with Crippen molar-refractivity contribution in [1.29, 1.82) is 0 Å². The summed E-state index contributed by atoms with van der Waals surface area (Å²) in [5, 5.41) is 3.41. The van der Waals surface area contributed by atoms with Crippen molar-refractivity contribution in [2.45, 2.75) is 59.2 Å². The van der Waals surface area contributed by atoms with Gasteiger partial charge in [-0.3, -0.25) is 0 Å². The van der Waals surface area contributed by atoms with Crippen molar-refractivity contribution in [2.75, 3.05) is 0 Å². The van der Waals surface area contributed by atoms with E-state index in [1.807, 2.05) is 18.2 Å². The number of nitrogens with zero attached hydrogens (tertiary/aromatic N) is 1. The molecule has 0 aromatic carbocycles. The SMILES string of the molecule is CCC(C)Oc1cccc(CNC(C)(C)C)n1. The molecule has 0 saturated carbocycles. The van der Waals surface area contributed by atoms with Gasteiger partial charge in [0.25, 0.3) is 0 Å². The summed E-state index contributed by atoms with van der Waals surface area (Å²) in [4.78, 5) is 4.48. The zero-order valence-corrected chi connectivity index (χ0v) is 11.6. The highest BCUT2D eigenvalue weighted by atomic mass is 16.5. The van der Waals surface area contributed by atoms with E-state index in [-0.39, 0.29) is 11.6 Å². The second-order valence-electron chi connectivity index (χ2n) is 5.41. The van der Waals surface area contributed by atoms with E-state index in [1.54, 1.807) is 0 Å². The first-order chi connectivity index (χ1) is 7.90. The minimum Gasteiger partial charge on any atom is -0.475 e. The molecule has 1 aromatic rings. The zero-order chi connectivity index (χ0) is 12.9. The Bertz CT molecular complexity index is 344. The van der Waals surface area contributed by atoms with Crippen molar-refractivity contribution in [3.8, 4) is 5.88 Å². The van der Waals surface area contributed by atoms with Gasteiger partial charge in [-0.15, -0.1) is 0 Å². The van der Waals surface area contributed by atoms with Crippen molar-refractivity contribution < 1.29 is 4.74 Å². The van der Waals surface area contributed by atoms with Crippen LogP contribution in [0.3, 0.4) is 0 Å². The lowest BCUT2D eigenvalue weighted by atomic mass is 10.1. The van der Waals surface area contributed by atoms with Gasteiger partial charge >= 0.3 is 0 Å². The molecule has 1 heterocycles. The maximum Gasteiger partial charge on any atom is 0.213 e. The number of aromatic nitrogens is 1.